The fourth-order valence-electron chi connectivity index (χ4n) is 2.55. The molecule has 0 aliphatic rings. The molecule has 12 heteroatoms. The maximum atomic E-state index is 12.4. The lowest BCUT2D eigenvalue weighted by Gasteiger charge is -2.08. The zero-order valence-corrected chi connectivity index (χ0v) is 17.3. The van der Waals surface area contributed by atoms with E-state index in [1.54, 1.807) is 0 Å². The van der Waals surface area contributed by atoms with E-state index in [0.29, 0.717) is 5.02 Å². The highest BCUT2D eigenvalue weighted by atomic mass is 35.5. The highest BCUT2D eigenvalue weighted by Gasteiger charge is 2.14. The first-order chi connectivity index (χ1) is 15.7. The number of carbonyl (C=O) groups is 2. The first-order valence-corrected chi connectivity index (χ1v) is 9.46. The lowest BCUT2D eigenvalue weighted by molar-refractivity contribution is -0.385. The summed E-state index contributed by atoms with van der Waals surface area (Å²) in [5.74, 6) is -1.31. The van der Waals surface area contributed by atoms with Gasteiger partial charge in [-0.05, 0) is 42.5 Å². The normalized spacial score (nSPS) is 10.6. The van der Waals surface area contributed by atoms with Gasteiger partial charge in [-0.1, -0.05) is 11.6 Å². The van der Waals surface area contributed by atoms with Gasteiger partial charge in [0.25, 0.3) is 17.3 Å². The molecule has 1 amide bonds. The summed E-state index contributed by atoms with van der Waals surface area (Å²) in [7, 11) is 0. The fraction of sp³-hybridized carbons (Fsp3) is 0. The van der Waals surface area contributed by atoms with Crippen LogP contribution in [-0.4, -0.2) is 27.9 Å². The van der Waals surface area contributed by atoms with Crippen molar-refractivity contribution in [2.75, 3.05) is 0 Å². The minimum Gasteiger partial charge on any atom is -0.422 e. The Bertz CT molecular complexity index is 1260. The van der Waals surface area contributed by atoms with Crippen molar-refractivity contribution in [2.45, 2.75) is 0 Å². The molecule has 166 valence electrons. The Hall–Kier alpha value is -4.64. The van der Waals surface area contributed by atoms with Crippen LogP contribution in [0.4, 0.5) is 11.4 Å². The van der Waals surface area contributed by atoms with Crippen molar-refractivity contribution in [3.05, 3.63) is 109 Å². The molecular formula is C21H13ClN4O7. The largest absolute Gasteiger partial charge is 0.422 e. The lowest BCUT2D eigenvalue weighted by Crippen LogP contribution is -2.17. The monoisotopic (exact) mass is 468 g/mol. The van der Waals surface area contributed by atoms with Gasteiger partial charge in [0.1, 0.15) is 5.75 Å². The van der Waals surface area contributed by atoms with Crippen molar-refractivity contribution < 1.29 is 24.2 Å². The number of rotatable bonds is 7. The van der Waals surface area contributed by atoms with Crippen molar-refractivity contribution >= 4 is 41.1 Å². The molecule has 0 radical (unpaired) electrons. The molecule has 0 aromatic heterocycles. The number of hydrazone groups is 1. The van der Waals surface area contributed by atoms with E-state index in [0.717, 1.165) is 0 Å². The standard InChI is InChI=1S/C21H13ClN4O7/c22-16-5-10-19(33-21(28)14-3-8-18(9-4-14)26(31)32)15(11-16)12-23-24-20(27)13-1-6-17(7-2-13)25(29)30/h1-12H,(H,24,27)/b23-12+. The van der Waals surface area contributed by atoms with Gasteiger partial charge in [-0.2, -0.15) is 5.10 Å². The Labute approximate surface area is 190 Å². The number of nitrogens with zero attached hydrogens (tertiary/aromatic N) is 3. The Morgan fingerprint density at radius 2 is 1.42 bits per heavy atom. The number of nitro benzene ring substituents is 2. The molecule has 11 nitrogen and oxygen atoms in total. The molecule has 3 aromatic carbocycles. The van der Waals surface area contributed by atoms with Crippen LogP contribution in [0.1, 0.15) is 26.3 Å². The fourth-order valence-corrected chi connectivity index (χ4v) is 2.73. The Morgan fingerprint density at radius 3 is 1.97 bits per heavy atom. The van der Waals surface area contributed by atoms with Gasteiger partial charge in [-0.25, -0.2) is 10.2 Å². The minimum absolute atomic E-state index is 0.0797. The number of nitro groups is 2. The van der Waals surface area contributed by atoms with Crippen LogP contribution in [0.25, 0.3) is 0 Å². The summed E-state index contributed by atoms with van der Waals surface area (Å²) in [6.07, 6.45) is 1.20. The van der Waals surface area contributed by atoms with E-state index >= 15 is 0 Å². The number of hydrogen-bond donors (Lipinski definition) is 1. The number of hydrogen-bond acceptors (Lipinski definition) is 8. The summed E-state index contributed by atoms with van der Waals surface area (Å²) < 4.78 is 5.33. The van der Waals surface area contributed by atoms with Crippen molar-refractivity contribution in [3.8, 4) is 5.75 Å². The molecule has 0 saturated carbocycles. The Kier molecular flexibility index (Phi) is 7.06. The number of halogens is 1. The molecule has 1 N–H and O–H groups in total. The van der Waals surface area contributed by atoms with Crippen molar-refractivity contribution in [1.82, 2.24) is 5.43 Å². The van der Waals surface area contributed by atoms with E-state index < -0.39 is 21.7 Å². The molecular weight excluding hydrogens is 456 g/mol. The first-order valence-electron chi connectivity index (χ1n) is 9.08. The third kappa shape index (κ3) is 5.95. The summed E-state index contributed by atoms with van der Waals surface area (Å²) >= 11 is 5.99. The summed E-state index contributed by atoms with van der Waals surface area (Å²) in [6, 6.07) is 14.1. The topological polar surface area (TPSA) is 154 Å². The molecule has 0 fully saturated rings. The van der Waals surface area contributed by atoms with Crippen molar-refractivity contribution in [1.29, 1.82) is 0 Å². The summed E-state index contributed by atoms with van der Waals surface area (Å²) in [6.45, 7) is 0. The third-order valence-corrected chi connectivity index (χ3v) is 4.43. The average Bonchev–Trinajstić information content (AvgIpc) is 2.80. The lowest BCUT2D eigenvalue weighted by atomic mass is 10.2. The third-order valence-electron chi connectivity index (χ3n) is 4.20. The van der Waals surface area contributed by atoms with E-state index in [1.807, 2.05) is 0 Å². The SMILES string of the molecule is O=C(N/N=C/c1cc(Cl)ccc1OC(=O)c1ccc([N+](=O)[O-])cc1)c1ccc([N+](=O)[O-])cc1. The summed E-state index contributed by atoms with van der Waals surface area (Å²) in [4.78, 5) is 44.8. The maximum absolute atomic E-state index is 12.4. The van der Waals surface area contributed by atoms with Gasteiger partial charge >= 0.3 is 5.97 Å². The van der Waals surface area contributed by atoms with Crippen LogP contribution in [0.5, 0.6) is 5.75 Å². The molecule has 0 aliphatic heterocycles. The quantitative estimate of drug-likeness (QED) is 0.179. The van der Waals surface area contributed by atoms with E-state index in [9.17, 15) is 29.8 Å². The Balaban J connectivity index is 1.71. The maximum Gasteiger partial charge on any atom is 0.343 e. The second kappa shape index (κ2) is 10.1. The molecule has 3 aromatic rings. The molecule has 0 saturated heterocycles. The van der Waals surface area contributed by atoms with Gasteiger partial charge in [0.15, 0.2) is 0 Å². The molecule has 33 heavy (non-hydrogen) atoms. The van der Waals surface area contributed by atoms with Gasteiger partial charge in [0.2, 0.25) is 0 Å². The number of ether oxygens (including phenoxy) is 1. The molecule has 0 spiro atoms. The predicted molar refractivity (Wildman–Crippen MR) is 118 cm³/mol. The van der Waals surface area contributed by atoms with Gasteiger partial charge in [0, 0.05) is 40.4 Å². The highest BCUT2D eigenvalue weighted by molar-refractivity contribution is 6.31. The van der Waals surface area contributed by atoms with Gasteiger partial charge in [0.05, 0.1) is 21.6 Å². The van der Waals surface area contributed by atoms with E-state index in [-0.39, 0.29) is 33.8 Å². The number of nitrogens with one attached hydrogen (secondary N) is 1. The van der Waals surface area contributed by atoms with Crippen LogP contribution in [0.3, 0.4) is 0 Å². The molecule has 0 heterocycles. The van der Waals surface area contributed by atoms with Crippen LogP contribution in [0.15, 0.2) is 71.8 Å². The molecule has 0 aliphatic carbocycles. The second-order valence-corrected chi connectivity index (χ2v) is 6.82. The number of amides is 1. The molecule has 3 rings (SSSR count). The van der Waals surface area contributed by atoms with Crippen LogP contribution < -0.4 is 10.2 Å². The van der Waals surface area contributed by atoms with Crippen LogP contribution in [-0.2, 0) is 0 Å². The van der Waals surface area contributed by atoms with Crippen molar-refractivity contribution in [3.63, 3.8) is 0 Å². The van der Waals surface area contributed by atoms with Crippen LogP contribution >= 0.6 is 11.6 Å². The zero-order valence-electron chi connectivity index (χ0n) is 16.5. The Morgan fingerprint density at radius 1 is 0.879 bits per heavy atom. The summed E-state index contributed by atoms with van der Waals surface area (Å²) in [5.41, 5.74) is 2.43. The summed E-state index contributed by atoms with van der Waals surface area (Å²) in [5, 5.41) is 25.5. The molecule has 0 bridgehead atoms. The molecule has 0 atom stereocenters. The number of benzene rings is 3. The van der Waals surface area contributed by atoms with Gasteiger partial charge < -0.3 is 4.74 Å². The smallest absolute Gasteiger partial charge is 0.343 e. The predicted octanol–water partition coefficient (Wildman–Crippen LogP) is 4.14. The van der Waals surface area contributed by atoms with E-state index in [2.05, 4.69) is 10.5 Å². The zero-order chi connectivity index (χ0) is 24.0. The van der Waals surface area contributed by atoms with Crippen LogP contribution in [0.2, 0.25) is 5.02 Å². The van der Waals surface area contributed by atoms with Gasteiger partial charge in [-0.3, -0.25) is 25.0 Å². The average molecular weight is 469 g/mol. The van der Waals surface area contributed by atoms with E-state index in [4.69, 9.17) is 16.3 Å². The molecule has 0 unspecified atom stereocenters. The van der Waals surface area contributed by atoms with Gasteiger partial charge in [-0.15, -0.1) is 0 Å². The second-order valence-electron chi connectivity index (χ2n) is 6.38. The number of non-ortho nitro benzene ring substituents is 2. The minimum atomic E-state index is -0.767. The van der Waals surface area contributed by atoms with E-state index in [1.165, 1.54) is 72.9 Å². The first kappa shape index (κ1) is 23.0. The highest BCUT2D eigenvalue weighted by Crippen LogP contribution is 2.23. The number of carbonyl (C=O) groups excluding carboxylic acids is 2. The van der Waals surface area contributed by atoms with Crippen LogP contribution in [0, 0.1) is 20.2 Å². The van der Waals surface area contributed by atoms with Crippen molar-refractivity contribution in [2.24, 2.45) is 5.10 Å². The number of esters is 1.